The van der Waals surface area contributed by atoms with Crippen molar-refractivity contribution in [3.8, 4) is 28.1 Å². The molecule has 276 valence electrons. The molecule has 1 fully saturated rings. The molecule has 0 spiro atoms. The van der Waals surface area contributed by atoms with Gasteiger partial charge in [-0.05, 0) is 74.4 Å². The van der Waals surface area contributed by atoms with Gasteiger partial charge >= 0.3 is 11.9 Å². The lowest BCUT2D eigenvalue weighted by atomic mass is 10.1. The van der Waals surface area contributed by atoms with Gasteiger partial charge in [-0.3, -0.25) is 28.5 Å². The third kappa shape index (κ3) is 8.59. The lowest BCUT2D eigenvalue weighted by Gasteiger charge is -2.28. The van der Waals surface area contributed by atoms with Gasteiger partial charge in [-0.2, -0.15) is 18.3 Å². The summed E-state index contributed by atoms with van der Waals surface area (Å²) in [7, 11) is 0. The second-order valence-electron chi connectivity index (χ2n) is 11.8. The van der Waals surface area contributed by atoms with Crippen LogP contribution < -0.4 is 21.0 Å². The molecule has 1 unspecified atom stereocenters. The number of hydrogen-bond acceptors (Lipinski definition) is 8. The Morgan fingerprint density at radius 1 is 1.06 bits per heavy atom. The van der Waals surface area contributed by atoms with Gasteiger partial charge in [0.25, 0.3) is 11.5 Å². The summed E-state index contributed by atoms with van der Waals surface area (Å²) in [6, 6.07) is 12.3. The second-order valence-corrected chi connectivity index (χ2v) is 14.6. The fourth-order valence-corrected chi connectivity index (χ4v) is 7.73. The lowest BCUT2D eigenvalue weighted by Crippen LogP contribution is -2.45. The largest absolute Gasteiger partial charge is 0.755 e. The van der Waals surface area contributed by atoms with Crippen LogP contribution in [0.15, 0.2) is 64.2 Å². The van der Waals surface area contributed by atoms with E-state index in [0.29, 0.717) is 37.7 Å². The van der Waals surface area contributed by atoms with Gasteiger partial charge < -0.3 is 9.54 Å². The molecule has 0 bridgehead atoms. The molecule has 1 aliphatic rings. The minimum absolute atomic E-state index is 0.0473. The molecule has 2 aromatic carbocycles. The first kappa shape index (κ1) is 38.0. The molecule has 3 aromatic heterocycles. The molecule has 4 heterocycles. The van der Waals surface area contributed by atoms with E-state index in [4.69, 9.17) is 23.2 Å². The van der Waals surface area contributed by atoms with E-state index in [-0.39, 0.29) is 33.4 Å². The maximum Gasteiger partial charge on any atom is 0.416 e. The van der Waals surface area contributed by atoms with Crippen molar-refractivity contribution < 1.29 is 26.7 Å². The predicted octanol–water partition coefficient (Wildman–Crippen LogP) is 5.94. The third-order valence-corrected chi connectivity index (χ3v) is 10.4. The van der Waals surface area contributed by atoms with Crippen LogP contribution in [0.25, 0.3) is 16.3 Å². The molecule has 19 heteroatoms. The fourth-order valence-electron chi connectivity index (χ4n) is 5.72. The van der Waals surface area contributed by atoms with Crippen molar-refractivity contribution in [2.24, 2.45) is 0 Å². The molecule has 12 nitrogen and oxygen atoms in total. The number of hydrogen-bond donors (Lipinski definition) is 3. The van der Waals surface area contributed by atoms with Crippen LogP contribution in [0.5, 0.6) is 0 Å². The van der Waals surface area contributed by atoms with E-state index in [0.717, 1.165) is 42.7 Å². The van der Waals surface area contributed by atoms with Gasteiger partial charge in [-0.15, -0.1) is 11.3 Å². The number of amides is 1. The number of halogens is 5. The maximum atomic E-state index is 14.1. The number of aryl methyl sites for hydroxylation is 1. The number of carbonyl (C=O) groups excluding carboxylic acids is 1. The topological polar surface area (TPSA) is 159 Å². The number of piperidine rings is 1. The van der Waals surface area contributed by atoms with Gasteiger partial charge in [0, 0.05) is 46.2 Å². The van der Waals surface area contributed by atoms with Crippen LogP contribution in [0.3, 0.4) is 0 Å². The number of aromatic amines is 2. The van der Waals surface area contributed by atoms with E-state index < -0.39 is 52.4 Å². The van der Waals surface area contributed by atoms with Crippen molar-refractivity contribution in [1.82, 2.24) is 30.2 Å². The fraction of sp³-hybridized carbons (Fsp3) is 0.235. The number of alkyl halides is 3. The molecule has 1 saturated heterocycles. The standard InChI is InChI=1S/C34H28Cl2F3N7O5S2/c1-19-29(32(48)41-33(49)40-19)45(53(50)51)18-24-28(31(47)43-44-15-3-2-4-16-44)42-46(26-13-10-22(35)17-25(26)36)30(24)27-14-12-23(52-27)11-7-20-5-8-21(9-6-20)34(37,38)39/h5-6,8-10,12-14,17H,2-4,15-16,18H2,1H3,(H,43,47)(H,50,51)(H2,40,41,48,49)/p-1. The molecule has 5 aromatic rings. The van der Waals surface area contributed by atoms with Crippen LogP contribution in [-0.2, 0) is 24.0 Å². The SMILES string of the molecule is Cc1[nH]c(=O)[nH]c(=O)c1N(Cc1c(C(=O)NN2CCCCC2)nn(-c2ccc(Cl)cc2Cl)c1-c1ccc(C#Cc2ccc(C(F)(F)F)cc2)s1)S(=O)[O-]. The minimum atomic E-state index is -4.50. The minimum Gasteiger partial charge on any atom is -0.755 e. The summed E-state index contributed by atoms with van der Waals surface area (Å²) in [4.78, 5) is 44.4. The third-order valence-electron chi connectivity index (χ3n) is 8.16. The van der Waals surface area contributed by atoms with Crippen molar-refractivity contribution in [2.75, 3.05) is 17.4 Å². The molecule has 0 aliphatic carbocycles. The van der Waals surface area contributed by atoms with Crippen molar-refractivity contribution in [3.63, 3.8) is 0 Å². The summed E-state index contributed by atoms with van der Waals surface area (Å²) in [6.45, 7) is 1.91. The zero-order valence-electron chi connectivity index (χ0n) is 27.5. The smallest absolute Gasteiger partial charge is 0.416 e. The average Bonchev–Trinajstić information content (AvgIpc) is 3.71. The Morgan fingerprint density at radius 2 is 1.77 bits per heavy atom. The molecule has 1 amide bonds. The highest BCUT2D eigenvalue weighted by atomic mass is 35.5. The van der Waals surface area contributed by atoms with Crippen molar-refractivity contribution in [3.05, 3.63) is 118 Å². The van der Waals surface area contributed by atoms with E-state index in [2.05, 4.69) is 27.3 Å². The van der Waals surface area contributed by atoms with E-state index in [1.54, 1.807) is 29.3 Å². The van der Waals surface area contributed by atoms with Crippen LogP contribution in [0.1, 0.15) is 57.0 Å². The summed E-state index contributed by atoms with van der Waals surface area (Å²) in [5.41, 5.74) is 0.506. The van der Waals surface area contributed by atoms with E-state index in [1.165, 1.54) is 29.8 Å². The molecule has 1 aliphatic heterocycles. The number of nitrogens with zero attached hydrogens (tertiary/aromatic N) is 4. The first-order valence-corrected chi connectivity index (χ1v) is 18.4. The molecule has 6 rings (SSSR count). The predicted molar refractivity (Wildman–Crippen MR) is 195 cm³/mol. The number of thiophene rings is 1. The van der Waals surface area contributed by atoms with E-state index in [9.17, 15) is 36.3 Å². The zero-order valence-corrected chi connectivity index (χ0v) is 30.6. The number of aromatic nitrogens is 4. The summed E-state index contributed by atoms with van der Waals surface area (Å²) in [5, 5.41) is 6.86. The van der Waals surface area contributed by atoms with Crippen LogP contribution in [0.2, 0.25) is 10.0 Å². The Morgan fingerprint density at radius 3 is 2.42 bits per heavy atom. The van der Waals surface area contributed by atoms with E-state index in [1.807, 2.05) is 4.98 Å². The Bertz CT molecular complexity index is 2390. The number of nitrogens with one attached hydrogen (secondary N) is 3. The number of carbonyl (C=O) groups is 1. The van der Waals surface area contributed by atoms with Gasteiger partial charge in [0.15, 0.2) is 5.69 Å². The first-order valence-electron chi connectivity index (χ1n) is 15.8. The van der Waals surface area contributed by atoms with Gasteiger partial charge in [-0.1, -0.05) is 41.5 Å². The van der Waals surface area contributed by atoms with Crippen LogP contribution in [-0.4, -0.2) is 52.5 Å². The van der Waals surface area contributed by atoms with Crippen LogP contribution in [0.4, 0.5) is 18.9 Å². The lowest BCUT2D eigenvalue weighted by molar-refractivity contribution is -0.137. The molecular formula is C34H27Cl2F3N7O5S2-. The molecule has 0 saturated carbocycles. The summed E-state index contributed by atoms with van der Waals surface area (Å²) in [6.07, 6.45) is -1.82. The van der Waals surface area contributed by atoms with Crippen LogP contribution >= 0.6 is 34.5 Å². The van der Waals surface area contributed by atoms with Gasteiger partial charge in [0.2, 0.25) is 0 Å². The maximum absolute atomic E-state index is 14.1. The Balaban J connectivity index is 1.53. The molecule has 53 heavy (non-hydrogen) atoms. The van der Waals surface area contributed by atoms with E-state index >= 15 is 0 Å². The Hall–Kier alpha value is -4.70. The Kier molecular flexibility index (Phi) is 11.3. The zero-order chi connectivity index (χ0) is 38.0. The van der Waals surface area contributed by atoms with Gasteiger partial charge in [-0.25, -0.2) is 14.5 Å². The number of hydrazine groups is 1. The van der Waals surface area contributed by atoms with Crippen molar-refractivity contribution in [2.45, 2.75) is 38.9 Å². The summed E-state index contributed by atoms with van der Waals surface area (Å²) < 4.78 is 66.9. The number of benzene rings is 2. The second kappa shape index (κ2) is 15.7. The molecule has 3 N–H and O–H groups in total. The molecule has 0 radical (unpaired) electrons. The van der Waals surface area contributed by atoms with Gasteiger partial charge in [0.1, 0.15) is 5.69 Å². The highest BCUT2D eigenvalue weighted by Crippen LogP contribution is 2.38. The average molecular weight is 806 g/mol. The van der Waals surface area contributed by atoms with Crippen LogP contribution in [0, 0.1) is 18.8 Å². The number of rotatable bonds is 8. The van der Waals surface area contributed by atoms with Crippen molar-refractivity contribution >= 4 is 57.4 Å². The summed E-state index contributed by atoms with van der Waals surface area (Å²) in [5.74, 6) is 5.12. The quantitative estimate of drug-likeness (QED) is 0.129. The monoisotopic (exact) mass is 804 g/mol. The summed E-state index contributed by atoms with van der Waals surface area (Å²) >= 11 is 10.9. The molecular weight excluding hydrogens is 778 g/mol. The first-order chi connectivity index (χ1) is 25.2. The van der Waals surface area contributed by atoms with Gasteiger partial charge in [0.05, 0.1) is 38.3 Å². The Labute approximate surface area is 315 Å². The van der Waals surface area contributed by atoms with Crippen molar-refractivity contribution in [1.29, 1.82) is 0 Å². The highest BCUT2D eigenvalue weighted by Gasteiger charge is 2.31. The molecule has 1 atom stereocenters. The highest BCUT2D eigenvalue weighted by molar-refractivity contribution is 7.80. The normalized spacial score (nSPS) is 14.0. The number of anilines is 1. The number of H-pyrrole nitrogens is 2.